The van der Waals surface area contributed by atoms with Crippen molar-refractivity contribution in [3.8, 4) is 11.5 Å². The number of ether oxygens (including phenoxy) is 2. The number of carbonyl (C=O) groups excluding carboxylic acids is 2. The summed E-state index contributed by atoms with van der Waals surface area (Å²) >= 11 is 1.33. The van der Waals surface area contributed by atoms with Crippen molar-refractivity contribution in [2.45, 2.75) is 51.9 Å². The van der Waals surface area contributed by atoms with Gasteiger partial charge in [-0.3, -0.25) is 19.2 Å². The van der Waals surface area contributed by atoms with Gasteiger partial charge < -0.3 is 25.0 Å². The van der Waals surface area contributed by atoms with Gasteiger partial charge >= 0.3 is 11.9 Å². The quantitative estimate of drug-likeness (QED) is 0.240. The zero-order chi connectivity index (χ0) is 26.9. The molecule has 1 heterocycles. The van der Waals surface area contributed by atoms with Gasteiger partial charge in [0.2, 0.25) is 6.41 Å². The van der Waals surface area contributed by atoms with E-state index in [1.165, 1.54) is 43.4 Å². The lowest BCUT2D eigenvalue weighted by atomic mass is 9.96. The Morgan fingerprint density at radius 2 is 1.67 bits per heavy atom. The van der Waals surface area contributed by atoms with Crippen molar-refractivity contribution in [1.82, 2.24) is 5.32 Å². The van der Waals surface area contributed by atoms with E-state index in [1.54, 1.807) is 26.4 Å². The van der Waals surface area contributed by atoms with Gasteiger partial charge in [-0.25, -0.2) is 0 Å². The molecule has 1 amide bonds. The minimum Gasteiger partial charge on any atom is -0.493 e. The molecule has 0 spiro atoms. The van der Waals surface area contributed by atoms with Crippen LogP contribution in [0.3, 0.4) is 0 Å². The smallest absolute Gasteiger partial charge is 0.322 e. The Kier molecular flexibility index (Phi) is 14.5. The van der Waals surface area contributed by atoms with Crippen molar-refractivity contribution in [2.75, 3.05) is 20.8 Å². The Balaban J connectivity index is 0.000000333. The number of Topliss-reactive ketones (excluding diaryl/α,β-unsaturated/α-hetero) is 1. The van der Waals surface area contributed by atoms with Gasteiger partial charge in [0.05, 0.1) is 25.5 Å². The van der Waals surface area contributed by atoms with Crippen molar-refractivity contribution in [3.05, 3.63) is 35.2 Å². The maximum Gasteiger partial charge on any atom is 0.322 e. The van der Waals surface area contributed by atoms with Gasteiger partial charge in [0.15, 0.2) is 17.3 Å². The second kappa shape index (κ2) is 17.1. The predicted octanol–water partition coefficient (Wildman–Crippen LogP) is 4.93. The predicted molar refractivity (Wildman–Crippen MR) is 139 cm³/mol. The molecule has 9 nitrogen and oxygen atoms in total. The van der Waals surface area contributed by atoms with Gasteiger partial charge in [0.1, 0.15) is 6.54 Å². The molecule has 2 aromatic rings. The van der Waals surface area contributed by atoms with Gasteiger partial charge in [0, 0.05) is 17.2 Å². The minimum absolute atomic E-state index is 0.0103. The molecular formula is C26H35NO8S. The first-order chi connectivity index (χ1) is 17.2. The molecule has 198 valence electrons. The lowest BCUT2D eigenvalue weighted by Gasteiger charge is -2.10. The number of ketones is 1. The van der Waals surface area contributed by atoms with E-state index in [0.29, 0.717) is 22.8 Å². The van der Waals surface area contributed by atoms with Crippen molar-refractivity contribution >= 4 is 45.6 Å². The Morgan fingerprint density at radius 1 is 1.00 bits per heavy atom. The molecule has 10 heteroatoms. The first-order valence-corrected chi connectivity index (χ1v) is 12.5. The number of hydrogen-bond donors (Lipinski definition) is 3. The zero-order valence-electron chi connectivity index (χ0n) is 21.0. The summed E-state index contributed by atoms with van der Waals surface area (Å²) in [6, 6.07) is 5.37. The van der Waals surface area contributed by atoms with E-state index < -0.39 is 11.9 Å². The highest BCUT2D eigenvalue weighted by Crippen LogP contribution is 2.36. The van der Waals surface area contributed by atoms with Crippen LogP contribution in [-0.2, 0) is 14.4 Å². The van der Waals surface area contributed by atoms with Gasteiger partial charge in [-0.2, -0.15) is 0 Å². The van der Waals surface area contributed by atoms with E-state index >= 15 is 0 Å². The summed E-state index contributed by atoms with van der Waals surface area (Å²) < 4.78 is 11.3. The SMILES string of the molecule is CC1CC/C=C/CCC1.COc1cc2cc(C(=O)CCC(=O)O)sc2cc1OC.O=CNCC(=O)O. The second-order valence-electron chi connectivity index (χ2n) is 8.15. The summed E-state index contributed by atoms with van der Waals surface area (Å²) in [5.41, 5.74) is 0. The third-order valence-corrected chi connectivity index (χ3v) is 6.40. The molecule has 1 unspecified atom stereocenters. The Bertz CT molecular complexity index is 989. The molecule has 0 saturated carbocycles. The Hall–Kier alpha value is -3.40. The average molecular weight is 522 g/mol. The fourth-order valence-electron chi connectivity index (χ4n) is 3.32. The van der Waals surface area contributed by atoms with Crippen molar-refractivity contribution < 1.29 is 38.9 Å². The van der Waals surface area contributed by atoms with Crippen LogP contribution >= 0.6 is 11.3 Å². The molecule has 36 heavy (non-hydrogen) atoms. The lowest BCUT2D eigenvalue weighted by molar-refractivity contribution is -0.137. The first-order valence-electron chi connectivity index (χ1n) is 11.7. The number of amides is 1. The number of fused-ring (bicyclic) bond motifs is 1. The highest BCUT2D eigenvalue weighted by molar-refractivity contribution is 7.20. The van der Waals surface area contributed by atoms with Crippen LogP contribution in [0.5, 0.6) is 11.5 Å². The topological polar surface area (TPSA) is 139 Å². The number of carbonyl (C=O) groups is 4. The van der Waals surface area contributed by atoms with Crippen LogP contribution in [0.2, 0.25) is 0 Å². The standard InChI is InChI=1S/C14H14O5S.C9H16.C3H5NO3/c1-18-10-5-8-6-13(9(15)3-4-14(16)17)20-12(8)7-11(10)19-2;1-9-7-5-3-2-4-6-8-9;5-2-4-1-3(6)7/h5-7H,3-4H2,1-2H3,(H,16,17);2-3,9H,4-8H2,1H3;2H,1H2,(H,4,5)(H,6,7)/b;3-2+;. The summed E-state index contributed by atoms with van der Waals surface area (Å²) in [6.07, 6.45) is 11.7. The molecule has 0 fully saturated rings. The minimum atomic E-state index is -1.04. The van der Waals surface area contributed by atoms with E-state index in [4.69, 9.17) is 19.7 Å². The second-order valence-corrected chi connectivity index (χ2v) is 9.23. The molecule has 3 N–H and O–H groups in total. The highest BCUT2D eigenvalue weighted by atomic mass is 32.1. The van der Waals surface area contributed by atoms with Gasteiger partial charge in [-0.15, -0.1) is 11.3 Å². The summed E-state index contributed by atoms with van der Waals surface area (Å²) in [7, 11) is 3.10. The number of carboxylic acid groups (broad SMARTS) is 2. The van der Waals surface area contributed by atoms with Gasteiger partial charge in [-0.05, 0) is 49.1 Å². The molecule has 0 radical (unpaired) electrons. The third-order valence-electron chi connectivity index (χ3n) is 5.26. The summed E-state index contributed by atoms with van der Waals surface area (Å²) in [4.78, 5) is 41.8. The van der Waals surface area contributed by atoms with Crippen molar-refractivity contribution in [2.24, 2.45) is 5.92 Å². The number of nitrogens with one attached hydrogen (secondary N) is 1. The monoisotopic (exact) mass is 521 g/mol. The van der Waals surface area contributed by atoms with Crippen LogP contribution < -0.4 is 14.8 Å². The van der Waals surface area contributed by atoms with Crippen LogP contribution in [0, 0.1) is 5.92 Å². The van der Waals surface area contributed by atoms with Gasteiger partial charge in [0.25, 0.3) is 0 Å². The van der Waals surface area contributed by atoms with Crippen LogP contribution in [0.25, 0.3) is 10.1 Å². The fourth-order valence-corrected chi connectivity index (χ4v) is 4.36. The highest BCUT2D eigenvalue weighted by Gasteiger charge is 2.14. The molecule has 1 aromatic heterocycles. The summed E-state index contributed by atoms with van der Waals surface area (Å²) in [5, 5.41) is 19.3. The normalized spacial score (nSPS) is 15.5. The summed E-state index contributed by atoms with van der Waals surface area (Å²) in [5.74, 6) is 0.00473. The average Bonchev–Trinajstić information content (AvgIpc) is 3.26. The van der Waals surface area contributed by atoms with Crippen molar-refractivity contribution in [1.29, 1.82) is 0 Å². The number of methoxy groups -OCH3 is 2. The molecule has 1 aliphatic carbocycles. The molecule has 0 bridgehead atoms. The lowest BCUT2D eigenvalue weighted by Crippen LogP contribution is -2.20. The van der Waals surface area contributed by atoms with Crippen LogP contribution in [-0.4, -0.2) is 55.1 Å². The number of thiophene rings is 1. The van der Waals surface area contributed by atoms with E-state index in [-0.39, 0.29) is 25.2 Å². The molecule has 1 atom stereocenters. The number of rotatable bonds is 9. The maximum absolute atomic E-state index is 11.9. The molecule has 0 aliphatic heterocycles. The number of benzene rings is 1. The van der Waals surface area contributed by atoms with Crippen LogP contribution in [0.1, 0.15) is 61.5 Å². The number of aliphatic carboxylic acids is 2. The first kappa shape index (κ1) is 30.6. The third kappa shape index (κ3) is 11.8. The Labute approximate surface area is 215 Å². The molecule has 1 aliphatic rings. The number of hydrogen-bond acceptors (Lipinski definition) is 7. The van der Waals surface area contributed by atoms with E-state index in [2.05, 4.69) is 19.1 Å². The summed E-state index contributed by atoms with van der Waals surface area (Å²) in [6.45, 7) is 2.06. The van der Waals surface area contributed by atoms with Crippen LogP contribution in [0.4, 0.5) is 0 Å². The Morgan fingerprint density at radius 3 is 2.25 bits per heavy atom. The van der Waals surface area contributed by atoms with E-state index in [0.717, 1.165) is 16.0 Å². The van der Waals surface area contributed by atoms with Crippen molar-refractivity contribution in [3.63, 3.8) is 0 Å². The number of allylic oxidation sites excluding steroid dienone is 2. The maximum atomic E-state index is 11.9. The van der Waals surface area contributed by atoms with Crippen LogP contribution in [0.15, 0.2) is 30.4 Å². The van der Waals surface area contributed by atoms with Gasteiger partial charge in [-0.1, -0.05) is 25.5 Å². The molecule has 3 rings (SSSR count). The van der Waals surface area contributed by atoms with E-state index in [1.807, 2.05) is 11.4 Å². The fraction of sp³-hybridized carbons (Fsp3) is 0.462. The zero-order valence-corrected chi connectivity index (χ0v) is 21.8. The molecular weight excluding hydrogens is 486 g/mol. The molecule has 0 saturated heterocycles. The van der Waals surface area contributed by atoms with E-state index in [9.17, 15) is 19.2 Å². The largest absolute Gasteiger partial charge is 0.493 e. The molecule has 1 aromatic carbocycles. The number of carboxylic acids is 2.